The minimum atomic E-state index is -0.729. The third kappa shape index (κ3) is 3.02. The summed E-state index contributed by atoms with van der Waals surface area (Å²) >= 11 is 1.66. The number of carbonyl (C=O) groups is 1. The molecule has 1 aliphatic rings. The van der Waals surface area contributed by atoms with E-state index in [2.05, 4.69) is 9.88 Å². The molecule has 2 rings (SSSR count). The molecule has 0 unspecified atom stereocenters. The number of hydrogen-bond donors (Lipinski definition) is 1. The Morgan fingerprint density at radius 1 is 1.69 bits per heavy atom. The standard InChI is InChI=1S/C11H16N2O2S/c1-8-10(16-7-12-8)4-5-13(6-11(14)15)9-2-3-9/h7,9H,2-6H2,1H3,(H,14,15). The average molecular weight is 240 g/mol. The highest BCUT2D eigenvalue weighted by molar-refractivity contribution is 7.09. The van der Waals surface area contributed by atoms with E-state index >= 15 is 0 Å². The van der Waals surface area contributed by atoms with Gasteiger partial charge in [0.25, 0.3) is 0 Å². The quantitative estimate of drug-likeness (QED) is 0.819. The molecule has 1 fully saturated rings. The summed E-state index contributed by atoms with van der Waals surface area (Å²) in [7, 11) is 0. The molecule has 0 atom stereocenters. The molecule has 5 heteroatoms. The van der Waals surface area contributed by atoms with Gasteiger partial charge in [0.05, 0.1) is 17.7 Å². The molecule has 1 heterocycles. The van der Waals surface area contributed by atoms with Gasteiger partial charge in [-0.05, 0) is 26.2 Å². The third-order valence-electron chi connectivity index (χ3n) is 2.87. The van der Waals surface area contributed by atoms with Crippen LogP contribution in [0.2, 0.25) is 0 Å². The number of aryl methyl sites for hydroxylation is 1. The Kier molecular flexibility index (Phi) is 3.56. The van der Waals surface area contributed by atoms with E-state index in [0.29, 0.717) is 6.04 Å². The van der Waals surface area contributed by atoms with E-state index in [4.69, 9.17) is 5.11 Å². The highest BCUT2D eigenvalue weighted by atomic mass is 32.1. The monoisotopic (exact) mass is 240 g/mol. The Morgan fingerprint density at radius 2 is 2.44 bits per heavy atom. The summed E-state index contributed by atoms with van der Waals surface area (Å²) in [6.07, 6.45) is 3.21. The summed E-state index contributed by atoms with van der Waals surface area (Å²) in [4.78, 5) is 18.3. The van der Waals surface area contributed by atoms with Crippen LogP contribution in [0.4, 0.5) is 0 Å². The maximum Gasteiger partial charge on any atom is 0.317 e. The molecular weight excluding hydrogens is 224 g/mol. The van der Waals surface area contributed by atoms with Crippen molar-refractivity contribution < 1.29 is 9.90 Å². The number of thiazole rings is 1. The lowest BCUT2D eigenvalue weighted by Crippen LogP contribution is -2.33. The zero-order valence-electron chi connectivity index (χ0n) is 9.35. The van der Waals surface area contributed by atoms with Crippen molar-refractivity contribution in [3.8, 4) is 0 Å². The second-order valence-corrected chi connectivity index (χ2v) is 5.15. The molecule has 1 aromatic rings. The van der Waals surface area contributed by atoms with E-state index in [1.807, 2.05) is 12.4 Å². The van der Waals surface area contributed by atoms with E-state index < -0.39 is 5.97 Å². The summed E-state index contributed by atoms with van der Waals surface area (Å²) in [5.41, 5.74) is 2.93. The Labute approximate surface area is 98.9 Å². The van der Waals surface area contributed by atoms with Crippen LogP contribution in [-0.2, 0) is 11.2 Å². The average Bonchev–Trinajstić information content (AvgIpc) is 2.98. The van der Waals surface area contributed by atoms with E-state index in [0.717, 1.165) is 31.5 Å². The molecule has 1 aliphatic carbocycles. The summed E-state index contributed by atoms with van der Waals surface area (Å²) in [5.74, 6) is -0.729. The van der Waals surface area contributed by atoms with Crippen LogP contribution in [0, 0.1) is 6.92 Å². The van der Waals surface area contributed by atoms with Crippen molar-refractivity contribution in [3.63, 3.8) is 0 Å². The van der Waals surface area contributed by atoms with E-state index in [1.54, 1.807) is 11.3 Å². The molecule has 4 nitrogen and oxygen atoms in total. The minimum absolute atomic E-state index is 0.169. The number of carboxylic acids is 1. The van der Waals surface area contributed by atoms with E-state index in [9.17, 15) is 4.79 Å². The Morgan fingerprint density at radius 3 is 2.94 bits per heavy atom. The number of nitrogens with zero attached hydrogens (tertiary/aromatic N) is 2. The lowest BCUT2D eigenvalue weighted by atomic mass is 10.3. The second kappa shape index (κ2) is 4.93. The SMILES string of the molecule is Cc1ncsc1CCN(CC(=O)O)C1CC1. The molecule has 0 saturated heterocycles. The first kappa shape index (κ1) is 11.5. The van der Waals surface area contributed by atoms with Crippen molar-refractivity contribution in [2.75, 3.05) is 13.1 Å². The predicted octanol–water partition coefficient (Wildman–Crippen LogP) is 1.54. The number of hydrogen-bond acceptors (Lipinski definition) is 4. The van der Waals surface area contributed by atoms with Crippen molar-refractivity contribution in [3.05, 3.63) is 16.1 Å². The first-order chi connectivity index (χ1) is 7.66. The van der Waals surface area contributed by atoms with Crippen LogP contribution in [0.25, 0.3) is 0 Å². The molecule has 1 aromatic heterocycles. The highest BCUT2D eigenvalue weighted by Crippen LogP contribution is 2.27. The van der Waals surface area contributed by atoms with Crippen molar-refractivity contribution in [2.24, 2.45) is 0 Å². The predicted molar refractivity (Wildman–Crippen MR) is 62.8 cm³/mol. The van der Waals surface area contributed by atoms with Crippen molar-refractivity contribution in [1.29, 1.82) is 0 Å². The fourth-order valence-corrected chi connectivity index (χ4v) is 2.59. The Hall–Kier alpha value is -0.940. The van der Waals surface area contributed by atoms with Crippen LogP contribution < -0.4 is 0 Å². The summed E-state index contributed by atoms with van der Waals surface area (Å²) < 4.78 is 0. The van der Waals surface area contributed by atoms with Gasteiger partial charge in [0.15, 0.2) is 0 Å². The van der Waals surface area contributed by atoms with Crippen LogP contribution in [-0.4, -0.2) is 40.1 Å². The topological polar surface area (TPSA) is 53.4 Å². The summed E-state index contributed by atoms with van der Waals surface area (Å²) in [6.45, 7) is 3.01. The molecule has 0 aliphatic heterocycles. The van der Waals surface area contributed by atoms with Crippen LogP contribution >= 0.6 is 11.3 Å². The summed E-state index contributed by atoms with van der Waals surface area (Å²) in [5, 5.41) is 8.82. The Balaban J connectivity index is 1.86. The molecule has 0 amide bonds. The van der Waals surface area contributed by atoms with Gasteiger partial charge >= 0.3 is 5.97 Å². The number of aliphatic carboxylic acids is 1. The molecule has 0 bridgehead atoms. The van der Waals surface area contributed by atoms with E-state index in [1.165, 1.54) is 4.88 Å². The zero-order chi connectivity index (χ0) is 11.5. The zero-order valence-corrected chi connectivity index (χ0v) is 10.2. The van der Waals surface area contributed by atoms with Gasteiger partial charge in [-0.25, -0.2) is 4.98 Å². The van der Waals surface area contributed by atoms with Crippen molar-refractivity contribution in [2.45, 2.75) is 32.2 Å². The van der Waals surface area contributed by atoms with Crippen molar-refractivity contribution >= 4 is 17.3 Å². The lowest BCUT2D eigenvalue weighted by molar-refractivity contribution is -0.138. The molecule has 88 valence electrons. The van der Waals surface area contributed by atoms with Crippen LogP contribution in [0.15, 0.2) is 5.51 Å². The van der Waals surface area contributed by atoms with Gasteiger partial charge in [-0.1, -0.05) is 0 Å². The maximum atomic E-state index is 10.7. The van der Waals surface area contributed by atoms with Gasteiger partial charge in [-0.2, -0.15) is 0 Å². The van der Waals surface area contributed by atoms with Crippen LogP contribution in [0.5, 0.6) is 0 Å². The lowest BCUT2D eigenvalue weighted by Gasteiger charge is -2.19. The number of carboxylic acid groups (broad SMARTS) is 1. The number of aromatic nitrogens is 1. The molecular formula is C11H16N2O2S. The Bertz CT molecular complexity index is 374. The van der Waals surface area contributed by atoms with Gasteiger partial charge in [0.2, 0.25) is 0 Å². The molecule has 1 N–H and O–H groups in total. The molecule has 0 radical (unpaired) electrons. The first-order valence-electron chi connectivity index (χ1n) is 5.51. The third-order valence-corrected chi connectivity index (χ3v) is 3.87. The molecule has 16 heavy (non-hydrogen) atoms. The fraction of sp³-hybridized carbons (Fsp3) is 0.636. The molecule has 1 saturated carbocycles. The normalized spacial score (nSPS) is 15.6. The number of rotatable bonds is 6. The minimum Gasteiger partial charge on any atom is -0.480 e. The maximum absolute atomic E-state index is 10.7. The molecule has 0 aromatic carbocycles. The first-order valence-corrected chi connectivity index (χ1v) is 6.39. The largest absolute Gasteiger partial charge is 0.480 e. The summed E-state index contributed by atoms with van der Waals surface area (Å²) in [6, 6.07) is 0.504. The van der Waals surface area contributed by atoms with Gasteiger partial charge in [0, 0.05) is 17.5 Å². The van der Waals surface area contributed by atoms with Crippen molar-refractivity contribution in [1.82, 2.24) is 9.88 Å². The second-order valence-electron chi connectivity index (χ2n) is 4.21. The smallest absolute Gasteiger partial charge is 0.317 e. The van der Waals surface area contributed by atoms with Gasteiger partial charge in [-0.15, -0.1) is 11.3 Å². The van der Waals surface area contributed by atoms with Crippen LogP contribution in [0.3, 0.4) is 0 Å². The highest BCUT2D eigenvalue weighted by Gasteiger charge is 2.29. The van der Waals surface area contributed by atoms with Crippen LogP contribution in [0.1, 0.15) is 23.4 Å². The van der Waals surface area contributed by atoms with Gasteiger partial charge in [-0.3, -0.25) is 9.69 Å². The van der Waals surface area contributed by atoms with Gasteiger partial charge in [0.1, 0.15) is 0 Å². The van der Waals surface area contributed by atoms with Gasteiger partial charge < -0.3 is 5.11 Å². The van der Waals surface area contributed by atoms with E-state index in [-0.39, 0.29) is 6.54 Å². The fourth-order valence-electron chi connectivity index (χ4n) is 1.82. The molecule has 0 spiro atoms.